The van der Waals surface area contributed by atoms with Crippen molar-refractivity contribution >= 4 is 40.3 Å². The fourth-order valence-electron chi connectivity index (χ4n) is 3.47. The normalized spacial score (nSPS) is 14.7. The molecule has 9 nitrogen and oxygen atoms in total. The van der Waals surface area contributed by atoms with Gasteiger partial charge in [0.1, 0.15) is 0 Å². The zero-order valence-corrected chi connectivity index (χ0v) is 18.1. The largest absolute Gasteiger partial charge is 0.370 e. The van der Waals surface area contributed by atoms with E-state index in [0.29, 0.717) is 18.4 Å². The molecule has 0 saturated heterocycles. The summed E-state index contributed by atoms with van der Waals surface area (Å²) in [6.45, 7) is 3.64. The molecule has 0 aliphatic heterocycles. The average Bonchev–Trinajstić information content (AvgIpc) is 2.61. The number of guanidine groups is 1. The van der Waals surface area contributed by atoms with Crippen LogP contribution in [0.3, 0.4) is 0 Å². The molecule has 29 heavy (non-hydrogen) atoms. The molecule has 0 heterocycles. The molecule has 0 radical (unpaired) electrons. The summed E-state index contributed by atoms with van der Waals surface area (Å²) in [6, 6.07) is 2.68. The van der Waals surface area contributed by atoms with Crippen LogP contribution in [0.5, 0.6) is 0 Å². The Balaban J connectivity index is 0.00000420. The molecule has 0 aromatic heterocycles. The fourth-order valence-corrected chi connectivity index (χ4v) is 5.40. The molecular weight excluding hydrogens is 418 g/mol. The fraction of sp³-hybridized carbons (Fsp3) is 0.500. The van der Waals surface area contributed by atoms with Crippen molar-refractivity contribution in [1.29, 1.82) is 0 Å². The number of rotatable bonds is 5. The molecule has 1 aromatic carbocycles. The predicted octanol–water partition coefficient (Wildman–Crippen LogP) is 2.05. The molecule has 1 aromatic rings. The third kappa shape index (κ3) is 5.60. The van der Waals surface area contributed by atoms with E-state index in [2.05, 4.69) is 4.99 Å². The van der Waals surface area contributed by atoms with Crippen LogP contribution in [0.1, 0.15) is 67.8 Å². The topological polar surface area (TPSA) is 162 Å². The first-order chi connectivity index (χ1) is 13.1. The van der Waals surface area contributed by atoms with Crippen LogP contribution >= 0.6 is 12.4 Å². The van der Waals surface area contributed by atoms with Gasteiger partial charge in [0.2, 0.25) is 0 Å². The van der Waals surface area contributed by atoms with Crippen LogP contribution < -0.4 is 17.2 Å². The summed E-state index contributed by atoms with van der Waals surface area (Å²) in [5, 5.41) is 0. The third-order valence-corrected chi connectivity index (χ3v) is 6.68. The molecule has 2 rings (SSSR count). The number of carbonyl (C=O) groups excluding carboxylic acids is 2. The lowest BCUT2D eigenvalue weighted by Gasteiger charge is -2.33. The van der Waals surface area contributed by atoms with Crippen molar-refractivity contribution in [2.75, 3.05) is 0 Å². The number of urea groups is 1. The summed E-state index contributed by atoms with van der Waals surface area (Å²) in [5.74, 6) is -1.36. The van der Waals surface area contributed by atoms with Gasteiger partial charge in [0.05, 0.1) is 10.9 Å². The zero-order valence-electron chi connectivity index (χ0n) is 16.5. The highest BCUT2D eigenvalue weighted by molar-refractivity contribution is 7.89. The summed E-state index contributed by atoms with van der Waals surface area (Å²) in [4.78, 5) is 27.6. The molecule has 1 aliphatic rings. The Kier molecular flexibility index (Phi) is 8.46. The lowest BCUT2D eigenvalue weighted by atomic mass is 9.96. The Morgan fingerprint density at radius 3 is 2.17 bits per heavy atom. The van der Waals surface area contributed by atoms with E-state index < -0.39 is 34.0 Å². The van der Waals surface area contributed by atoms with E-state index >= 15 is 0 Å². The van der Waals surface area contributed by atoms with Crippen molar-refractivity contribution in [2.45, 2.75) is 62.8 Å². The second-order valence-electron chi connectivity index (χ2n) is 7.18. The first-order valence-corrected chi connectivity index (χ1v) is 10.6. The lowest BCUT2D eigenvalue weighted by molar-refractivity contribution is 0.100. The van der Waals surface area contributed by atoms with Gasteiger partial charge in [0.15, 0.2) is 5.96 Å². The van der Waals surface area contributed by atoms with Crippen molar-refractivity contribution in [2.24, 2.45) is 22.2 Å². The van der Waals surface area contributed by atoms with E-state index in [9.17, 15) is 18.0 Å². The molecule has 6 N–H and O–H groups in total. The van der Waals surface area contributed by atoms with Crippen LogP contribution in [0.15, 0.2) is 28.1 Å². The van der Waals surface area contributed by atoms with Gasteiger partial charge in [0, 0.05) is 5.56 Å². The molecule has 0 bridgehead atoms. The van der Waals surface area contributed by atoms with E-state index in [4.69, 9.17) is 17.2 Å². The maximum Gasteiger partial charge on any atom is 0.328 e. The van der Waals surface area contributed by atoms with Gasteiger partial charge in [-0.05, 0) is 36.5 Å². The summed E-state index contributed by atoms with van der Waals surface area (Å²) < 4.78 is 27.6. The van der Waals surface area contributed by atoms with Gasteiger partial charge in [-0.1, -0.05) is 39.2 Å². The molecule has 1 saturated carbocycles. The number of hydrogen-bond acceptors (Lipinski definition) is 4. The van der Waals surface area contributed by atoms with Crippen LogP contribution in [-0.4, -0.2) is 36.7 Å². The first kappa shape index (κ1) is 24.7. The van der Waals surface area contributed by atoms with Crippen molar-refractivity contribution in [1.82, 2.24) is 4.31 Å². The smallest absolute Gasteiger partial charge is 0.328 e. The van der Waals surface area contributed by atoms with Gasteiger partial charge in [0.25, 0.3) is 15.9 Å². The Morgan fingerprint density at radius 2 is 1.69 bits per heavy atom. The van der Waals surface area contributed by atoms with Crippen LogP contribution in [0.4, 0.5) is 4.79 Å². The number of aliphatic imine (C=N–C) groups is 1. The monoisotopic (exact) mass is 445 g/mol. The van der Waals surface area contributed by atoms with Crippen LogP contribution in [0, 0.1) is 0 Å². The Hall–Kier alpha value is -2.33. The van der Waals surface area contributed by atoms with E-state index in [1.54, 1.807) is 0 Å². The number of nitrogens with two attached hydrogens (primary N) is 3. The number of primary amides is 1. The van der Waals surface area contributed by atoms with E-state index in [0.717, 1.165) is 23.6 Å². The van der Waals surface area contributed by atoms with Crippen molar-refractivity contribution < 1.29 is 18.0 Å². The Bertz CT molecular complexity index is 892. The highest BCUT2D eigenvalue weighted by Crippen LogP contribution is 2.32. The van der Waals surface area contributed by atoms with Gasteiger partial charge >= 0.3 is 6.03 Å². The van der Waals surface area contributed by atoms with Gasteiger partial charge in [-0.2, -0.15) is 4.99 Å². The molecular formula is C18H28ClN5O4S. The molecule has 1 fully saturated rings. The SMILES string of the molecule is CC(C)c1ccc(C(=O)N=C(N)N)cc1S(=O)(=O)N(C(N)=O)C1CCCCC1.Cl. The van der Waals surface area contributed by atoms with Crippen LogP contribution in [0.2, 0.25) is 0 Å². The van der Waals surface area contributed by atoms with Gasteiger partial charge in [-0.25, -0.2) is 17.5 Å². The third-order valence-electron chi connectivity index (χ3n) is 4.77. The maximum atomic E-state index is 13.4. The maximum absolute atomic E-state index is 13.4. The highest BCUT2D eigenvalue weighted by atomic mass is 35.5. The van der Waals surface area contributed by atoms with Crippen molar-refractivity contribution in [3.63, 3.8) is 0 Å². The number of nitrogens with zero attached hydrogens (tertiary/aromatic N) is 2. The number of benzene rings is 1. The minimum absolute atomic E-state index is 0. The minimum atomic E-state index is -4.26. The summed E-state index contributed by atoms with van der Waals surface area (Å²) in [6.07, 6.45) is 3.76. The van der Waals surface area contributed by atoms with E-state index in [-0.39, 0.29) is 28.8 Å². The average molecular weight is 446 g/mol. The van der Waals surface area contributed by atoms with Gasteiger partial charge in [-0.3, -0.25) is 4.79 Å². The molecule has 0 unspecified atom stereocenters. The zero-order chi connectivity index (χ0) is 21.1. The predicted molar refractivity (Wildman–Crippen MR) is 113 cm³/mol. The van der Waals surface area contributed by atoms with Crippen molar-refractivity contribution in [3.05, 3.63) is 29.3 Å². The molecule has 162 valence electrons. The highest BCUT2D eigenvalue weighted by Gasteiger charge is 2.37. The lowest BCUT2D eigenvalue weighted by Crippen LogP contribution is -2.48. The quantitative estimate of drug-likeness (QED) is 0.463. The van der Waals surface area contributed by atoms with Gasteiger partial charge in [-0.15, -0.1) is 12.4 Å². The summed E-state index contributed by atoms with van der Waals surface area (Å²) >= 11 is 0. The van der Waals surface area contributed by atoms with Crippen molar-refractivity contribution in [3.8, 4) is 0 Å². The summed E-state index contributed by atoms with van der Waals surface area (Å²) in [5.41, 5.74) is 16.4. The molecule has 0 spiro atoms. The number of amides is 3. The Labute approximate surface area is 177 Å². The molecule has 0 atom stereocenters. The molecule has 1 aliphatic carbocycles. The second kappa shape index (κ2) is 9.93. The number of carbonyl (C=O) groups is 2. The minimum Gasteiger partial charge on any atom is -0.370 e. The number of sulfonamides is 1. The Morgan fingerprint density at radius 1 is 1.10 bits per heavy atom. The van der Waals surface area contributed by atoms with Gasteiger partial charge < -0.3 is 17.2 Å². The van der Waals surface area contributed by atoms with Crippen LogP contribution in [0.25, 0.3) is 0 Å². The second-order valence-corrected chi connectivity index (χ2v) is 8.96. The summed E-state index contributed by atoms with van der Waals surface area (Å²) in [7, 11) is -4.26. The van der Waals surface area contributed by atoms with E-state index in [1.807, 2.05) is 13.8 Å². The molecule has 3 amide bonds. The number of halogens is 1. The molecule has 11 heteroatoms. The standard InChI is InChI=1S/C18H27N5O4S.ClH/c1-11(2)14-9-8-12(16(24)22-17(19)20)10-15(14)28(26,27)23(18(21)25)13-6-4-3-5-7-13;/h8-11,13H,3-7H2,1-2H3,(H2,21,25)(H4,19,20,22,24);1H. The van der Waals surface area contributed by atoms with Crippen LogP contribution in [-0.2, 0) is 10.0 Å². The number of hydrogen-bond donors (Lipinski definition) is 3. The first-order valence-electron chi connectivity index (χ1n) is 9.17. The van der Waals surface area contributed by atoms with E-state index in [1.165, 1.54) is 18.2 Å².